The van der Waals surface area contributed by atoms with E-state index >= 15 is 0 Å². The molecule has 1 unspecified atom stereocenters. The first-order valence-electron chi connectivity index (χ1n) is 6.21. The fourth-order valence-corrected chi connectivity index (χ4v) is 2.27. The molecule has 0 spiro atoms. The van der Waals surface area contributed by atoms with Crippen LogP contribution in [0.2, 0.25) is 0 Å². The molecule has 100 valence electrons. The molecule has 0 aliphatic heterocycles. The molecular weight excluding hydrogens is 248 g/mol. The maximum atomic E-state index is 11.8. The summed E-state index contributed by atoms with van der Waals surface area (Å²) in [5.41, 5.74) is 0. The molecule has 0 fully saturated rings. The molecule has 1 aromatic rings. The average Bonchev–Trinajstić information content (AvgIpc) is 2.40. The zero-order valence-electron chi connectivity index (χ0n) is 10.9. The van der Waals surface area contributed by atoms with Crippen molar-refractivity contribution in [2.75, 3.05) is 18.9 Å². The Morgan fingerprint density at radius 3 is 2.94 bits per heavy atom. The number of aromatic nitrogens is 1. The van der Waals surface area contributed by atoms with Crippen molar-refractivity contribution < 1.29 is 9.53 Å². The number of esters is 1. The number of rotatable bonds is 8. The fourth-order valence-electron chi connectivity index (χ4n) is 1.37. The van der Waals surface area contributed by atoms with Crippen LogP contribution in [-0.2, 0) is 9.53 Å². The molecular formula is C13H20N2O2S. The van der Waals surface area contributed by atoms with Crippen molar-refractivity contribution in [2.24, 2.45) is 0 Å². The number of carbonyl (C=O) groups is 1. The maximum Gasteiger partial charge on any atom is 0.323 e. The lowest BCUT2D eigenvalue weighted by atomic mass is 10.3. The third-order valence-electron chi connectivity index (χ3n) is 2.25. The molecule has 1 N–H and O–H groups in total. The van der Waals surface area contributed by atoms with E-state index in [0.717, 1.165) is 18.0 Å². The SMILES string of the molecule is CCCNC(CSc1ccccn1)C(=O)OCC. The summed E-state index contributed by atoms with van der Waals surface area (Å²) in [6.07, 6.45) is 2.74. The van der Waals surface area contributed by atoms with Crippen LogP contribution in [-0.4, -0.2) is 35.9 Å². The third kappa shape index (κ3) is 5.51. The van der Waals surface area contributed by atoms with Crippen LogP contribution in [0.5, 0.6) is 0 Å². The van der Waals surface area contributed by atoms with Crippen LogP contribution in [0, 0.1) is 0 Å². The van der Waals surface area contributed by atoms with E-state index in [2.05, 4.69) is 17.2 Å². The summed E-state index contributed by atoms with van der Waals surface area (Å²) in [5, 5.41) is 4.12. The normalized spacial score (nSPS) is 12.1. The summed E-state index contributed by atoms with van der Waals surface area (Å²) in [7, 11) is 0. The van der Waals surface area contributed by atoms with E-state index < -0.39 is 0 Å². The minimum absolute atomic E-state index is 0.186. The lowest BCUT2D eigenvalue weighted by Gasteiger charge is -2.16. The minimum atomic E-state index is -0.267. The van der Waals surface area contributed by atoms with E-state index in [1.54, 1.807) is 18.0 Å². The highest BCUT2D eigenvalue weighted by atomic mass is 32.2. The van der Waals surface area contributed by atoms with Crippen LogP contribution in [0.4, 0.5) is 0 Å². The molecule has 0 bridgehead atoms. The summed E-state index contributed by atoms with van der Waals surface area (Å²) in [4.78, 5) is 16.0. The van der Waals surface area contributed by atoms with Crippen LogP contribution in [0.15, 0.2) is 29.4 Å². The quantitative estimate of drug-likeness (QED) is 0.578. The minimum Gasteiger partial charge on any atom is -0.465 e. The van der Waals surface area contributed by atoms with Gasteiger partial charge in [-0.1, -0.05) is 13.0 Å². The second-order valence-electron chi connectivity index (χ2n) is 3.74. The molecule has 0 radical (unpaired) electrons. The lowest BCUT2D eigenvalue weighted by Crippen LogP contribution is -2.40. The molecule has 0 saturated heterocycles. The van der Waals surface area contributed by atoms with Crippen LogP contribution in [0.3, 0.4) is 0 Å². The van der Waals surface area contributed by atoms with E-state index in [-0.39, 0.29) is 12.0 Å². The number of hydrogen-bond donors (Lipinski definition) is 1. The Hall–Kier alpha value is -1.07. The average molecular weight is 268 g/mol. The van der Waals surface area contributed by atoms with E-state index in [1.165, 1.54) is 0 Å². The molecule has 1 atom stereocenters. The first kappa shape index (κ1) is 15.0. The number of nitrogens with zero attached hydrogens (tertiary/aromatic N) is 1. The predicted octanol–water partition coefficient (Wildman–Crippen LogP) is 2.10. The van der Waals surface area contributed by atoms with Gasteiger partial charge in [0.1, 0.15) is 6.04 Å². The summed E-state index contributed by atoms with van der Waals surface area (Å²) < 4.78 is 5.05. The smallest absolute Gasteiger partial charge is 0.323 e. The Balaban J connectivity index is 2.47. The number of nitrogens with one attached hydrogen (secondary N) is 1. The Morgan fingerprint density at radius 1 is 1.50 bits per heavy atom. The summed E-state index contributed by atoms with van der Waals surface area (Å²) >= 11 is 1.56. The van der Waals surface area contributed by atoms with Crippen molar-refractivity contribution in [3.05, 3.63) is 24.4 Å². The van der Waals surface area contributed by atoms with Crippen molar-refractivity contribution in [3.63, 3.8) is 0 Å². The number of hydrogen-bond acceptors (Lipinski definition) is 5. The van der Waals surface area contributed by atoms with Crippen molar-refractivity contribution in [2.45, 2.75) is 31.3 Å². The van der Waals surface area contributed by atoms with Gasteiger partial charge in [-0.2, -0.15) is 0 Å². The van der Waals surface area contributed by atoms with E-state index in [0.29, 0.717) is 12.4 Å². The Morgan fingerprint density at radius 2 is 2.33 bits per heavy atom. The van der Waals surface area contributed by atoms with E-state index in [9.17, 15) is 4.79 Å². The molecule has 18 heavy (non-hydrogen) atoms. The monoisotopic (exact) mass is 268 g/mol. The van der Waals surface area contributed by atoms with Crippen molar-refractivity contribution in [1.29, 1.82) is 0 Å². The van der Waals surface area contributed by atoms with Gasteiger partial charge in [-0.3, -0.25) is 4.79 Å². The first-order chi connectivity index (χ1) is 8.77. The summed E-state index contributed by atoms with van der Waals surface area (Å²) in [6, 6.07) is 5.49. The van der Waals surface area contributed by atoms with E-state index in [4.69, 9.17) is 4.74 Å². The van der Waals surface area contributed by atoms with Crippen LogP contribution >= 0.6 is 11.8 Å². The van der Waals surface area contributed by atoms with Crippen LogP contribution in [0.1, 0.15) is 20.3 Å². The number of pyridine rings is 1. The molecule has 1 aromatic heterocycles. The van der Waals surface area contributed by atoms with Gasteiger partial charge in [-0.15, -0.1) is 11.8 Å². The maximum absolute atomic E-state index is 11.8. The predicted molar refractivity (Wildman–Crippen MR) is 73.7 cm³/mol. The topological polar surface area (TPSA) is 51.2 Å². The number of ether oxygens (including phenoxy) is 1. The number of carbonyl (C=O) groups excluding carboxylic acids is 1. The molecule has 5 heteroatoms. The molecule has 4 nitrogen and oxygen atoms in total. The molecule has 0 aromatic carbocycles. The molecule has 0 saturated carbocycles. The summed E-state index contributed by atoms with van der Waals surface area (Å²) in [6.45, 7) is 5.12. The van der Waals surface area contributed by atoms with Crippen LogP contribution in [0.25, 0.3) is 0 Å². The van der Waals surface area contributed by atoms with Crippen molar-refractivity contribution >= 4 is 17.7 Å². The van der Waals surface area contributed by atoms with Gasteiger partial charge in [0.25, 0.3) is 0 Å². The Labute approximate surface area is 113 Å². The second kappa shape index (κ2) is 8.94. The van der Waals surface area contributed by atoms with Gasteiger partial charge in [0.15, 0.2) is 0 Å². The highest BCUT2D eigenvalue weighted by molar-refractivity contribution is 7.99. The Bertz CT molecular complexity index is 346. The third-order valence-corrected chi connectivity index (χ3v) is 3.28. The highest BCUT2D eigenvalue weighted by Crippen LogP contribution is 2.15. The summed E-state index contributed by atoms with van der Waals surface area (Å²) in [5.74, 6) is 0.449. The molecule has 1 heterocycles. The zero-order chi connectivity index (χ0) is 13.2. The lowest BCUT2D eigenvalue weighted by molar-refractivity contribution is -0.144. The second-order valence-corrected chi connectivity index (χ2v) is 4.78. The molecule has 1 rings (SSSR count). The molecule has 0 amide bonds. The number of thioether (sulfide) groups is 1. The first-order valence-corrected chi connectivity index (χ1v) is 7.20. The molecule has 0 aliphatic carbocycles. The van der Waals surface area contributed by atoms with Gasteiger partial charge in [-0.05, 0) is 32.0 Å². The van der Waals surface area contributed by atoms with Gasteiger partial charge >= 0.3 is 5.97 Å². The fraction of sp³-hybridized carbons (Fsp3) is 0.538. The largest absolute Gasteiger partial charge is 0.465 e. The van der Waals surface area contributed by atoms with E-state index in [1.807, 2.05) is 25.1 Å². The zero-order valence-corrected chi connectivity index (χ0v) is 11.7. The standard InChI is InChI=1S/C13H20N2O2S/c1-3-8-14-11(13(16)17-4-2)10-18-12-7-5-6-9-15-12/h5-7,9,11,14H,3-4,8,10H2,1-2H3. The highest BCUT2D eigenvalue weighted by Gasteiger charge is 2.19. The van der Waals surface area contributed by atoms with Crippen molar-refractivity contribution in [1.82, 2.24) is 10.3 Å². The Kier molecular flexibility index (Phi) is 7.44. The van der Waals surface area contributed by atoms with Gasteiger partial charge in [0.2, 0.25) is 0 Å². The van der Waals surface area contributed by atoms with Gasteiger partial charge in [-0.25, -0.2) is 4.98 Å². The molecule has 0 aliphatic rings. The van der Waals surface area contributed by atoms with Gasteiger partial charge < -0.3 is 10.1 Å². The van der Waals surface area contributed by atoms with Gasteiger partial charge in [0, 0.05) is 11.9 Å². The van der Waals surface area contributed by atoms with Gasteiger partial charge in [0.05, 0.1) is 11.6 Å². The van der Waals surface area contributed by atoms with Crippen molar-refractivity contribution in [3.8, 4) is 0 Å². The van der Waals surface area contributed by atoms with Crippen LogP contribution < -0.4 is 5.32 Å².